The van der Waals surface area contributed by atoms with Gasteiger partial charge in [-0.2, -0.15) is 0 Å². The number of hydrogen-bond donors (Lipinski definition) is 3. The Kier molecular flexibility index (Phi) is 9.17. The topological polar surface area (TPSA) is 82.9 Å². The molecular formula is C23H34IN7. The van der Waals surface area contributed by atoms with Crippen LogP contribution in [-0.2, 0) is 25.8 Å². The minimum Gasteiger partial charge on any atom is -0.361 e. The first-order valence-corrected chi connectivity index (χ1v) is 11.3. The van der Waals surface area contributed by atoms with Crippen LogP contribution in [0.5, 0.6) is 0 Å². The molecule has 3 N–H and O–H groups in total. The molecule has 0 radical (unpaired) electrons. The first-order chi connectivity index (χ1) is 14.8. The highest BCUT2D eigenvalue weighted by Gasteiger charge is 2.14. The first kappa shape index (κ1) is 23.6. The molecule has 0 saturated carbocycles. The van der Waals surface area contributed by atoms with Crippen molar-refractivity contribution in [1.29, 1.82) is 0 Å². The molecule has 2 aromatic heterocycles. The van der Waals surface area contributed by atoms with Crippen LogP contribution in [0.2, 0.25) is 0 Å². The van der Waals surface area contributed by atoms with Crippen LogP contribution in [0.1, 0.15) is 49.8 Å². The summed E-state index contributed by atoms with van der Waals surface area (Å²) in [6.45, 7) is 5.66. The largest absolute Gasteiger partial charge is 0.361 e. The summed E-state index contributed by atoms with van der Waals surface area (Å²) < 4.78 is 2.33. The molecular weight excluding hydrogens is 501 g/mol. The molecule has 0 bridgehead atoms. The number of aryl methyl sites for hydroxylation is 2. The van der Waals surface area contributed by atoms with Gasteiger partial charge in [-0.15, -0.1) is 34.2 Å². The van der Waals surface area contributed by atoms with Crippen molar-refractivity contribution in [2.75, 3.05) is 19.6 Å². The number of para-hydroxylation sites is 1. The van der Waals surface area contributed by atoms with E-state index in [0.717, 1.165) is 63.6 Å². The summed E-state index contributed by atoms with van der Waals surface area (Å²) in [5, 5.41) is 16.9. The monoisotopic (exact) mass is 535 g/mol. The van der Waals surface area contributed by atoms with E-state index in [-0.39, 0.29) is 24.0 Å². The van der Waals surface area contributed by atoms with Gasteiger partial charge in [0.2, 0.25) is 0 Å². The van der Waals surface area contributed by atoms with Gasteiger partial charge in [0.15, 0.2) is 5.96 Å². The third-order valence-electron chi connectivity index (χ3n) is 5.72. The number of fused-ring (bicyclic) bond motifs is 2. The van der Waals surface area contributed by atoms with Crippen molar-refractivity contribution in [2.24, 2.45) is 4.99 Å². The number of aromatic amines is 1. The van der Waals surface area contributed by atoms with E-state index in [4.69, 9.17) is 4.99 Å². The Hall–Kier alpha value is -2.10. The number of halogens is 1. The molecule has 1 aliphatic rings. The second kappa shape index (κ2) is 12.1. The number of hydrogen-bond acceptors (Lipinski definition) is 3. The maximum absolute atomic E-state index is 4.75. The Morgan fingerprint density at radius 2 is 2.03 bits per heavy atom. The van der Waals surface area contributed by atoms with Crippen molar-refractivity contribution in [3.05, 3.63) is 47.7 Å². The van der Waals surface area contributed by atoms with E-state index in [0.29, 0.717) is 0 Å². The predicted molar refractivity (Wildman–Crippen MR) is 137 cm³/mol. The number of rotatable bonds is 8. The lowest BCUT2D eigenvalue weighted by Crippen LogP contribution is -2.38. The average molecular weight is 535 g/mol. The fourth-order valence-corrected chi connectivity index (χ4v) is 4.15. The number of nitrogens with zero attached hydrogens (tertiary/aromatic N) is 4. The smallest absolute Gasteiger partial charge is 0.191 e. The Bertz CT molecular complexity index is 975. The third-order valence-corrected chi connectivity index (χ3v) is 5.72. The van der Waals surface area contributed by atoms with E-state index in [9.17, 15) is 0 Å². The molecule has 31 heavy (non-hydrogen) atoms. The fraction of sp³-hybridized carbons (Fsp3) is 0.522. The van der Waals surface area contributed by atoms with E-state index in [2.05, 4.69) is 67.8 Å². The van der Waals surface area contributed by atoms with Crippen molar-refractivity contribution in [3.8, 4) is 0 Å². The van der Waals surface area contributed by atoms with E-state index < -0.39 is 0 Å². The summed E-state index contributed by atoms with van der Waals surface area (Å²) >= 11 is 0. The molecule has 0 saturated heterocycles. The number of nitrogens with one attached hydrogen (secondary N) is 3. The fourth-order valence-electron chi connectivity index (χ4n) is 4.15. The zero-order valence-corrected chi connectivity index (χ0v) is 20.7. The molecule has 0 amide bonds. The van der Waals surface area contributed by atoms with Crippen LogP contribution in [0.4, 0.5) is 0 Å². The maximum Gasteiger partial charge on any atom is 0.191 e. The zero-order valence-electron chi connectivity index (χ0n) is 18.4. The lowest BCUT2D eigenvalue weighted by atomic mass is 10.1. The first-order valence-electron chi connectivity index (χ1n) is 11.3. The van der Waals surface area contributed by atoms with Crippen LogP contribution in [-0.4, -0.2) is 45.3 Å². The zero-order chi connectivity index (χ0) is 20.6. The molecule has 0 fully saturated rings. The van der Waals surface area contributed by atoms with Crippen LogP contribution >= 0.6 is 24.0 Å². The number of guanidine groups is 1. The Morgan fingerprint density at radius 1 is 1.13 bits per heavy atom. The van der Waals surface area contributed by atoms with Crippen LogP contribution < -0.4 is 10.6 Å². The van der Waals surface area contributed by atoms with Crippen molar-refractivity contribution >= 4 is 40.8 Å². The number of aliphatic imine (C=N–C) groups is 1. The van der Waals surface area contributed by atoms with Crippen LogP contribution in [0, 0.1) is 0 Å². The van der Waals surface area contributed by atoms with Gasteiger partial charge in [-0.3, -0.25) is 4.99 Å². The van der Waals surface area contributed by atoms with Gasteiger partial charge in [-0.25, -0.2) is 0 Å². The third kappa shape index (κ3) is 6.21. The molecule has 168 valence electrons. The minimum atomic E-state index is 0. The molecule has 7 nitrogen and oxygen atoms in total. The van der Waals surface area contributed by atoms with Crippen LogP contribution in [0.3, 0.4) is 0 Å². The Labute approximate surface area is 201 Å². The molecule has 0 spiro atoms. The van der Waals surface area contributed by atoms with E-state index in [1.54, 1.807) is 0 Å². The molecule has 1 aliphatic heterocycles. The van der Waals surface area contributed by atoms with Crippen LogP contribution in [0.25, 0.3) is 10.9 Å². The van der Waals surface area contributed by atoms with Crippen LogP contribution in [0.15, 0.2) is 35.5 Å². The molecule has 0 unspecified atom stereocenters. The lowest BCUT2D eigenvalue weighted by molar-refractivity contribution is 0.597. The number of aromatic nitrogens is 4. The van der Waals surface area contributed by atoms with Gasteiger partial charge >= 0.3 is 0 Å². The van der Waals surface area contributed by atoms with E-state index in [1.807, 2.05) is 0 Å². The van der Waals surface area contributed by atoms with Gasteiger partial charge < -0.3 is 20.2 Å². The van der Waals surface area contributed by atoms with Gasteiger partial charge in [0.05, 0.1) is 0 Å². The number of H-pyrrole nitrogens is 1. The van der Waals surface area contributed by atoms with Crippen molar-refractivity contribution in [1.82, 2.24) is 30.4 Å². The highest BCUT2D eigenvalue weighted by molar-refractivity contribution is 14.0. The highest BCUT2D eigenvalue weighted by atomic mass is 127. The van der Waals surface area contributed by atoms with Crippen molar-refractivity contribution in [3.63, 3.8) is 0 Å². The van der Waals surface area contributed by atoms with Gasteiger partial charge in [-0.05, 0) is 44.2 Å². The SMILES string of the molecule is CCNC(=NCCCc1nnc2n1CCCCC2)NCCc1c[nH]c2ccccc12.I. The average Bonchev–Trinajstić information content (AvgIpc) is 3.27. The maximum atomic E-state index is 4.75. The van der Waals surface area contributed by atoms with E-state index in [1.165, 1.54) is 41.6 Å². The van der Waals surface area contributed by atoms with E-state index >= 15 is 0 Å². The summed E-state index contributed by atoms with van der Waals surface area (Å²) in [7, 11) is 0. The summed E-state index contributed by atoms with van der Waals surface area (Å²) in [5.41, 5.74) is 2.53. The second-order valence-corrected chi connectivity index (χ2v) is 7.90. The summed E-state index contributed by atoms with van der Waals surface area (Å²) in [6.07, 6.45) is 9.82. The van der Waals surface area contributed by atoms with Crippen molar-refractivity contribution < 1.29 is 0 Å². The summed E-state index contributed by atoms with van der Waals surface area (Å²) in [6, 6.07) is 8.44. The highest BCUT2D eigenvalue weighted by Crippen LogP contribution is 2.18. The second-order valence-electron chi connectivity index (χ2n) is 7.90. The standard InChI is InChI=1S/C23H33N7.HI/c1-2-24-23(26-15-13-18-17-27-20-10-6-5-9-19(18)20)25-14-8-12-22-29-28-21-11-4-3-7-16-30(21)22;/h5-6,9-10,17,27H,2-4,7-8,11-16H2,1H3,(H2,24,25,26);1H. The molecule has 0 aliphatic carbocycles. The Morgan fingerprint density at radius 3 is 2.94 bits per heavy atom. The minimum absolute atomic E-state index is 0. The molecule has 0 atom stereocenters. The van der Waals surface area contributed by atoms with Gasteiger partial charge in [0, 0.05) is 56.1 Å². The Balaban J connectivity index is 0.00000272. The molecule has 3 aromatic rings. The summed E-state index contributed by atoms with van der Waals surface area (Å²) in [5.74, 6) is 3.18. The van der Waals surface area contributed by atoms with Gasteiger partial charge in [0.1, 0.15) is 11.6 Å². The molecule has 1 aromatic carbocycles. The lowest BCUT2D eigenvalue weighted by Gasteiger charge is -2.11. The predicted octanol–water partition coefficient (Wildman–Crippen LogP) is 3.83. The number of benzene rings is 1. The molecule has 4 rings (SSSR count). The van der Waals surface area contributed by atoms with Gasteiger partial charge in [-0.1, -0.05) is 24.6 Å². The molecule has 8 heteroatoms. The van der Waals surface area contributed by atoms with Gasteiger partial charge in [0.25, 0.3) is 0 Å². The summed E-state index contributed by atoms with van der Waals surface area (Å²) in [4.78, 5) is 8.10. The normalized spacial score (nSPS) is 14.0. The quantitative estimate of drug-likeness (QED) is 0.177. The molecule has 3 heterocycles. The van der Waals surface area contributed by atoms with Crippen molar-refractivity contribution in [2.45, 2.75) is 58.4 Å².